The molecule has 1 aliphatic carbocycles. The summed E-state index contributed by atoms with van der Waals surface area (Å²) in [5.41, 5.74) is 2.89. The van der Waals surface area contributed by atoms with Crippen LogP contribution in [0.15, 0.2) is 48.8 Å². The van der Waals surface area contributed by atoms with Crippen molar-refractivity contribution < 1.29 is 19.2 Å². The average Bonchev–Trinajstić information content (AvgIpc) is 3.37. The number of nitrogens with one attached hydrogen (secondary N) is 2. The number of pyridine rings is 1. The summed E-state index contributed by atoms with van der Waals surface area (Å²) in [4.78, 5) is 58.2. The lowest BCUT2D eigenvalue weighted by Gasteiger charge is -2.21. The van der Waals surface area contributed by atoms with Crippen LogP contribution in [0, 0.1) is 0 Å². The molecule has 1 atom stereocenters. The molecule has 0 radical (unpaired) electrons. The van der Waals surface area contributed by atoms with Gasteiger partial charge in [-0.3, -0.25) is 29.1 Å². The molecule has 3 heterocycles. The smallest absolute Gasteiger partial charge is 0.262 e. The monoisotopic (exact) mass is 488 g/mol. The normalized spacial score (nSPS) is 15.4. The second-order valence-corrected chi connectivity index (χ2v) is 9.76. The van der Waals surface area contributed by atoms with Crippen LogP contribution in [0.2, 0.25) is 0 Å². The Morgan fingerprint density at radius 3 is 2.46 bits per heavy atom. The summed E-state index contributed by atoms with van der Waals surface area (Å²) in [5, 5.41) is 6.24. The molecule has 35 heavy (non-hydrogen) atoms. The molecule has 178 valence electrons. The number of nitrogens with zero attached hydrogens (tertiary/aromatic N) is 2. The van der Waals surface area contributed by atoms with Crippen molar-refractivity contribution in [3.05, 3.63) is 81.5 Å². The highest BCUT2D eigenvalue weighted by molar-refractivity contribution is 7.17. The van der Waals surface area contributed by atoms with E-state index in [-0.39, 0.29) is 5.91 Å². The van der Waals surface area contributed by atoms with E-state index in [2.05, 4.69) is 15.6 Å². The predicted octanol–water partition coefficient (Wildman–Crippen LogP) is 3.58. The highest BCUT2D eigenvalue weighted by atomic mass is 32.1. The van der Waals surface area contributed by atoms with Gasteiger partial charge in [0.1, 0.15) is 11.0 Å². The van der Waals surface area contributed by atoms with Crippen LogP contribution in [0.4, 0.5) is 5.00 Å². The summed E-state index contributed by atoms with van der Waals surface area (Å²) in [5.74, 6) is -1.77. The summed E-state index contributed by atoms with van der Waals surface area (Å²) in [6.07, 6.45) is 6.99. The van der Waals surface area contributed by atoms with Crippen molar-refractivity contribution in [3.8, 4) is 0 Å². The fraction of sp³-hybridized carbons (Fsp3) is 0.269. The highest BCUT2D eigenvalue weighted by Crippen LogP contribution is 2.38. The van der Waals surface area contributed by atoms with Crippen molar-refractivity contribution in [3.63, 3.8) is 0 Å². The lowest BCUT2D eigenvalue weighted by Crippen LogP contribution is -2.45. The molecule has 1 aliphatic heterocycles. The number of anilines is 1. The van der Waals surface area contributed by atoms with E-state index in [9.17, 15) is 19.2 Å². The predicted molar refractivity (Wildman–Crippen MR) is 131 cm³/mol. The third-order valence-electron chi connectivity index (χ3n) is 6.40. The van der Waals surface area contributed by atoms with Crippen molar-refractivity contribution in [2.75, 3.05) is 5.32 Å². The number of carbonyl (C=O) groups excluding carboxylic acids is 4. The van der Waals surface area contributed by atoms with Crippen LogP contribution in [0.25, 0.3) is 0 Å². The Hall–Kier alpha value is -3.85. The number of amides is 4. The Morgan fingerprint density at radius 1 is 1.06 bits per heavy atom. The van der Waals surface area contributed by atoms with Gasteiger partial charge in [-0.05, 0) is 61.9 Å². The van der Waals surface area contributed by atoms with Crippen LogP contribution in [-0.4, -0.2) is 39.6 Å². The van der Waals surface area contributed by atoms with Gasteiger partial charge in [-0.2, -0.15) is 0 Å². The molecular weight excluding hydrogens is 464 g/mol. The quantitative estimate of drug-likeness (QED) is 0.516. The summed E-state index contributed by atoms with van der Waals surface area (Å²) < 4.78 is 0. The fourth-order valence-corrected chi connectivity index (χ4v) is 5.85. The number of thiophene rings is 1. The third-order valence-corrected chi connectivity index (χ3v) is 7.61. The van der Waals surface area contributed by atoms with E-state index in [0.717, 1.165) is 46.6 Å². The fourth-order valence-electron chi connectivity index (χ4n) is 4.56. The Kier molecular flexibility index (Phi) is 6.17. The molecule has 0 saturated carbocycles. The molecule has 3 aromatic rings. The molecule has 8 nitrogen and oxygen atoms in total. The molecule has 0 spiro atoms. The first-order chi connectivity index (χ1) is 17.0. The van der Waals surface area contributed by atoms with Crippen LogP contribution in [0.5, 0.6) is 0 Å². The van der Waals surface area contributed by atoms with Crippen molar-refractivity contribution in [2.24, 2.45) is 0 Å². The molecule has 4 amide bonds. The van der Waals surface area contributed by atoms with Gasteiger partial charge >= 0.3 is 0 Å². The van der Waals surface area contributed by atoms with Crippen LogP contribution in [0.1, 0.15) is 66.8 Å². The maximum absolute atomic E-state index is 13.2. The Bertz CT molecular complexity index is 1300. The maximum atomic E-state index is 13.2. The van der Waals surface area contributed by atoms with Gasteiger partial charge in [0.15, 0.2) is 0 Å². The zero-order chi connectivity index (χ0) is 24.5. The van der Waals surface area contributed by atoms with Gasteiger partial charge in [-0.15, -0.1) is 11.3 Å². The van der Waals surface area contributed by atoms with Gasteiger partial charge in [-0.25, -0.2) is 0 Å². The zero-order valence-corrected chi connectivity index (χ0v) is 20.0. The molecule has 2 aromatic heterocycles. The van der Waals surface area contributed by atoms with Crippen molar-refractivity contribution >= 4 is 40.0 Å². The number of carbonyl (C=O) groups is 4. The number of benzene rings is 1. The molecule has 2 N–H and O–H groups in total. The number of aryl methyl sites for hydroxylation is 1. The van der Waals surface area contributed by atoms with Crippen molar-refractivity contribution in [1.82, 2.24) is 15.2 Å². The van der Waals surface area contributed by atoms with Crippen LogP contribution in [0.3, 0.4) is 0 Å². The summed E-state index contributed by atoms with van der Waals surface area (Å²) in [6.45, 7) is 1.84. The Labute approximate surface area is 206 Å². The maximum Gasteiger partial charge on any atom is 0.262 e. The Balaban J connectivity index is 1.37. The zero-order valence-electron chi connectivity index (χ0n) is 19.2. The first-order valence-electron chi connectivity index (χ1n) is 11.5. The van der Waals surface area contributed by atoms with Crippen molar-refractivity contribution in [2.45, 2.75) is 45.2 Å². The van der Waals surface area contributed by atoms with Crippen molar-refractivity contribution in [1.29, 1.82) is 0 Å². The molecule has 0 saturated heterocycles. The minimum atomic E-state index is -1.03. The highest BCUT2D eigenvalue weighted by Gasteiger charge is 2.41. The second-order valence-electron chi connectivity index (χ2n) is 8.65. The minimum Gasteiger partial charge on any atom is -0.348 e. The number of imide groups is 1. The number of aromatic nitrogens is 1. The molecule has 2 aliphatic rings. The van der Waals surface area contributed by atoms with Gasteiger partial charge in [0, 0.05) is 23.8 Å². The molecule has 9 heteroatoms. The van der Waals surface area contributed by atoms with E-state index in [0.29, 0.717) is 28.2 Å². The van der Waals surface area contributed by atoms with Gasteiger partial charge in [0.2, 0.25) is 5.91 Å². The van der Waals surface area contributed by atoms with Gasteiger partial charge in [0.25, 0.3) is 17.7 Å². The first-order valence-corrected chi connectivity index (χ1v) is 12.4. The van der Waals surface area contributed by atoms with E-state index < -0.39 is 23.8 Å². The largest absolute Gasteiger partial charge is 0.348 e. The standard InChI is InChI=1S/C26H24N4O4S/c1-15(30-25(33)17-8-2-3-9-18(17)26(30)34)22(31)29-24-21(19-10-4-5-11-20(19)35-24)23(32)28-14-16-7-6-12-27-13-16/h2-3,6-9,12-13,15H,4-5,10-11,14H2,1H3,(H,28,32)(H,29,31)/t15-/m0/s1. The van der Waals surface area contributed by atoms with E-state index in [4.69, 9.17) is 0 Å². The number of hydrogen-bond acceptors (Lipinski definition) is 6. The van der Waals surface area contributed by atoms with Crippen LogP contribution >= 0.6 is 11.3 Å². The third kappa shape index (κ3) is 4.23. The number of fused-ring (bicyclic) bond motifs is 2. The van der Waals surface area contributed by atoms with Gasteiger partial charge < -0.3 is 10.6 Å². The van der Waals surface area contributed by atoms with Gasteiger partial charge in [0.05, 0.1) is 16.7 Å². The molecule has 5 rings (SSSR count). The number of rotatable bonds is 6. The lowest BCUT2D eigenvalue weighted by molar-refractivity contribution is -0.119. The summed E-state index contributed by atoms with van der Waals surface area (Å²) in [7, 11) is 0. The number of hydrogen-bond donors (Lipinski definition) is 2. The van der Waals surface area contributed by atoms with Crippen LogP contribution < -0.4 is 10.6 Å². The minimum absolute atomic E-state index is 0.267. The molecule has 0 unspecified atom stereocenters. The SMILES string of the molecule is C[C@@H](C(=O)Nc1sc2c(c1C(=O)NCc1cccnc1)CCCC2)N1C(=O)c2ccccc2C1=O. The van der Waals surface area contributed by atoms with E-state index in [1.807, 2.05) is 6.07 Å². The summed E-state index contributed by atoms with van der Waals surface area (Å²) >= 11 is 1.40. The topological polar surface area (TPSA) is 108 Å². The van der Waals surface area contributed by atoms with Crippen LogP contribution in [-0.2, 0) is 24.2 Å². The molecule has 0 fully saturated rings. The Morgan fingerprint density at radius 2 is 1.77 bits per heavy atom. The first kappa shape index (κ1) is 22.9. The van der Waals surface area contributed by atoms with E-state index in [1.54, 1.807) is 42.7 Å². The second kappa shape index (κ2) is 9.42. The molecule has 1 aromatic carbocycles. The average molecular weight is 489 g/mol. The molecule has 0 bridgehead atoms. The molecular formula is C26H24N4O4S. The van der Waals surface area contributed by atoms with Gasteiger partial charge in [-0.1, -0.05) is 18.2 Å². The van der Waals surface area contributed by atoms with E-state index in [1.165, 1.54) is 18.3 Å². The lowest BCUT2D eigenvalue weighted by atomic mass is 9.95. The van der Waals surface area contributed by atoms with E-state index >= 15 is 0 Å². The summed E-state index contributed by atoms with van der Waals surface area (Å²) in [6, 6.07) is 9.18.